The lowest BCUT2D eigenvalue weighted by molar-refractivity contribution is -0.126. The highest BCUT2D eigenvalue weighted by atomic mass is 32.2. The molecule has 7 heteroatoms. The molecular weight excluding hydrogens is 278 g/mol. The van der Waals surface area contributed by atoms with E-state index in [-0.39, 0.29) is 18.4 Å². The number of benzene rings is 1. The molecule has 110 valence electrons. The second kappa shape index (κ2) is 5.90. The molecule has 0 aliphatic carbocycles. The van der Waals surface area contributed by atoms with Crippen LogP contribution in [0.1, 0.15) is 12.0 Å². The molecule has 0 saturated carbocycles. The summed E-state index contributed by atoms with van der Waals surface area (Å²) in [4.78, 5) is 12.9. The van der Waals surface area contributed by atoms with Crippen LogP contribution in [-0.4, -0.2) is 50.2 Å². The van der Waals surface area contributed by atoms with Crippen LogP contribution in [-0.2, 0) is 21.5 Å². The lowest BCUT2D eigenvalue weighted by Crippen LogP contribution is -2.44. The van der Waals surface area contributed by atoms with Crippen molar-refractivity contribution in [3.63, 3.8) is 0 Å². The monoisotopic (exact) mass is 297 g/mol. The molecule has 1 aromatic carbocycles. The van der Waals surface area contributed by atoms with Crippen LogP contribution >= 0.6 is 0 Å². The number of nitrogens with zero attached hydrogens (tertiary/aromatic N) is 2. The number of hydrogen-bond donors (Lipinski definition) is 1. The van der Waals surface area contributed by atoms with Crippen LogP contribution < -0.4 is 4.72 Å². The van der Waals surface area contributed by atoms with Gasteiger partial charge in [-0.15, -0.1) is 0 Å². The minimum atomic E-state index is -3.58. The van der Waals surface area contributed by atoms with Gasteiger partial charge in [0.2, 0.25) is 5.91 Å². The van der Waals surface area contributed by atoms with E-state index < -0.39 is 10.2 Å². The summed E-state index contributed by atoms with van der Waals surface area (Å²) in [5, 5.41) is 0. The Bertz CT molecular complexity index is 574. The molecule has 20 heavy (non-hydrogen) atoms. The fraction of sp³-hybridized carbons (Fsp3) is 0.462. The third kappa shape index (κ3) is 3.56. The van der Waals surface area contributed by atoms with Crippen molar-refractivity contribution in [1.82, 2.24) is 13.9 Å². The topological polar surface area (TPSA) is 69.7 Å². The first-order valence-electron chi connectivity index (χ1n) is 6.40. The summed E-state index contributed by atoms with van der Waals surface area (Å²) in [6, 6.07) is 9.02. The first kappa shape index (κ1) is 15.0. The van der Waals surface area contributed by atoms with Crippen molar-refractivity contribution in [3.8, 4) is 0 Å². The van der Waals surface area contributed by atoms with E-state index in [1.807, 2.05) is 30.3 Å². The summed E-state index contributed by atoms with van der Waals surface area (Å²) in [6.45, 7) is 0.712. The van der Waals surface area contributed by atoms with Crippen molar-refractivity contribution in [1.29, 1.82) is 0 Å². The maximum Gasteiger partial charge on any atom is 0.279 e. The normalized spacial score (nSPS) is 19.9. The number of carbonyl (C=O) groups excluding carboxylic acids is 1. The average Bonchev–Trinajstić information content (AvgIpc) is 2.68. The van der Waals surface area contributed by atoms with E-state index >= 15 is 0 Å². The summed E-state index contributed by atoms with van der Waals surface area (Å²) in [7, 11) is -0.390. The summed E-state index contributed by atoms with van der Waals surface area (Å²) in [6.07, 6.45) is 0.217. The van der Waals surface area contributed by atoms with E-state index in [1.165, 1.54) is 16.3 Å². The van der Waals surface area contributed by atoms with Crippen LogP contribution in [0, 0.1) is 0 Å². The second-order valence-corrected chi connectivity index (χ2v) is 6.85. The molecule has 6 nitrogen and oxygen atoms in total. The molecular formula is C13H19N3O3S. The Labute approximate surface area is 119 Å². The zero-order valence-electron chi connectivity index (χ0n) is 11.6. The van der Waals surface area contributed by atoms with Crippen LogP contribution in [0.2, 0.25) is 0 Å². The van der Waals surface area contributed by atoms with Crippen molar-refractivity contribution in [2.75, 3.05) is 20.6 Å². The van der Waals surface area contributed by atoms with Gasteiger partial charge in [0.25, 0.3) is 10.2 Å². The number of likely N-dealkylation sites (N-methyl/N-ethyl adjacent to an activating group) is 1. The Morgan fingerprint density at radius 2 is 2.00 bits per heavy atom. The maximum absolute atomic E-state index is 12.2. The molecule has 1 aliphatic rings. The smallest absolute Gasteiger partial charge is 0.279 e. The van der Waals surface area contributed by atoms with Gasteiger partial charge in [0, 0.05) is 39.6 Å². The lowest BCUT2D eigenvalue weighted by Gasteiger charge is -2.20. The van der Waals surface area contributed by atoms with E-state index in [9.17, 15) is 13.2 Å². The molecule has 0 radical (unpaired) electrons. The van der Waals surface area contributed by atoms with Crippen molar-refractivity contribution in [2.24, 2.45) is 0 Å². The molecule has 1 aromatic rings. The van der Waals surface area contributed by atoms with Crippen LogP contribution in [0.15, 0.2) is 30.3 Å². The number of likely N-dealkylation sites (tertiary alicyclic amines) is 1. The first-order valence-corrected chi connectivity index (χ1v) is 7.84. The van der Waals surface area contributed by atoms with Crippen molar-refractivity contribution < 1.29 is 13.2 Å². The van der Waals surface area contributed by atoms with Gasteiger partial charge in [0.15, 0.2) is 0 Å². The molecule has 0 bridgehead atoms. The molecule has 1 heterocycles. The quantitative estimate of drug-likeness (QED) is 0.843. The van der Waals surface area contributed by atoms with Crippen LogP contribution in [0.25, 0.3) is 0 Å². The van der Waals surface area contributed by atoms with Crippen LogP contribution in [0.4, 0.5) is 0 Å². The fourth-order valence-electron chi connectivity index (χ4n) is 2.17. The zero-order valence-corrected chi connectivity index (χ0v) is 12.4. The van der Waals surface area contributed by atoms with Crippen LogP contribution in [0.5, 0.6) is 0 Å². The summed E-state index contributed by atoms with van der Waals surface area (Å²) in [5.74, 6) is -0.0385. The average molecular weight is 297 g/mol. The minimum absolute atomic E-state index is 0.0385. The molecule has 1 N–H and O–H groups in total. The van der Waals surface area contributed by atoms with Crippen molar-refractivity contribution in [2.45, 2.75) is 19.0 Å². The molecule has 1 saturated heterocycles. The van der Waals surface area contributed by atoms with Gasteiger partial charge in [-0.1, -0.05) is 30.3 Å². The SMILES string of the molecule is CN1CC(NS(=O)(=O)N(C)Cc2ccccc2)CC1=O. The van der Waals surface area contributed by atoms with Gasteiger partial charge in [-0.2, -0.15) is 17.4 Å². The number of carbonyl (C=O) groups is 1. The molecule has 1 fully saturated rings. The van der Waals surface area contributed by atoms with Gasteiger partial charge in [-0.3, -0.25) is 4.79 Å². The van der Waals surface area contributed by atoms with E-state index in [0.717, 1.165) is 5.56 Å². The Morgan fingerprint density at radius 1 is 1.35 bits per heavy atom. The van der Waals surface area contributed by atoms with Gasteiger partial charge < -0.3 is 4.90 Å². The predicted molar refractivity (Wildman–Crippen MR) is 76.0 cm³/mol. The zero-order chi connectivity index (χ0) is 14.8. The summed E-state index contributed by atoms with van der Waals surface area (Å²) >= 11 is 0. The Hall–Kier alpha value is -1.44. The largest absolute Gasteiger partial charge is 0.344 e. The predicted octanol–water partition coefficient (Wildman–Crippen LogP) is 0.184. The first-order chi connectivity index (χ1) is 9.38. The summed E-state index contributed by atoms with van der Waals surface area (Å²) in [5.41, 5.74) is 0.917. The number of hydrogen-bond acceptors (Lipinski definition) is 3. The minimum Gasteiger partial charge on any atom is -0.344 e. The van der Waals surface area contributed by atoms with Gasteiger partial charge in [0.1, 0.15) is 0 Å². The van der Waals surface area contributed by atoms with Crippen molar-refractivity contribution >= 4 is 16.1 Å². The van der Waals surface area contributed by atoms with Crippen molar-refractivity contribution in [3.05, 3.63) is 35.9 Å². The lowest BCUT2D eigenvalue weighted by atomic mass is 10.2. The third-order valence-corrected chi connectivity index (χ3v) is 4.90. The number of amides is 1. The molecule has 1 aliphatic heterocycles. The molecule has 2 rings (SSSR count). The highest BCUT2D eigenvalue weighted by Gasteiger charge is 2.31. The number of nitrogens with one attached hydrogen (secondary N) is 1. The van der Waals surface area contributed by atoms with E-state index in [2.05, 4.69) is 4.72 Å². The van der Waals surface area contributed by atoms with Gasteiger partial charge in [0.05, 0.1) is 0 Å². The highest BCUT2D eigenvalue weighted by Crippen LogP contribution is 2.12. The molecule has 1 unspecified atom stereocenters. The molecule has 0 spiro atoms. The second-order valence-electron chi connectivity index (χ2n) is 5.04. The van der Waals surface area contributed by atoms with Gasteiger partial charge in [-0.25, -0.2) is 0 Å². The van der Waals surface area contributed by atoms with E-state index in [1.54, 1.807) is 7.05 Å². The maximum atomic E-state index is 12.2. The van der Waals surface area contributed by atoms with E-state index in [4.69, 9.17) is 0 Å². The fourth-order valence-corrected chi connectivity index (χ4v) is 3.25. The molecule has 0 aromatic heterocycles. The summed E-state index contributed by atoms with van der Waals surface area (Å²) < 4.78 is 28.2. The van der Waals surface area contributed by atoms with Crippen LogP contribution in [0.3, 0.4) is 0 Å². The molecule has 1 atom stereocenters. The standard InChI is InChI=1S/C13H19N3O3S/c1-15-10-12(8-13(15)17)14-20(18,19)16(2)9-11-6-4-3-5-7-11/h3-7,12,14H,8-10H2,1-2H3. The number of rotatable bonds is 5. The Morgan fingerprint density at radius 3 is 2.55 bits per heavy atom. The third-order valence-electron chi connectivity index (χ3n) is 3.31. The van der Waals surface area contributed by atoms with Gasteiger partial charge >= 0.3 is 0 Å². The Balaban J connectivity index is 1.98. The Kier molecular flexibility index (Phi) is 4.42. The highest BCUT2D eigenvalue weighted by molar-refractivity contribution is 7.87. The van der Waals surface area contributed by atoms with E-state index in [0.29, 0.717) is 13.1 Å². The van der Waals surface area contributed by atoms with Gasteiger partial charge in [-0.05, 0) is 5.56 Å². The molecule has 1 amide bonds.